The summed E-state index contributed by atoms with van der Waals surface area (Å²) in [4.78, 5) is 11.8. The lowest BCUT2D eigenvalue weighted by molar-refractivity contribution is -0.124. The van der Waals surface area contributed by atoms with E-state index in [1.807, 2.05) is 25.1 Å². The highest BCUT2D eigenvalue weighted by molar-refractivity contribution is 14.1. The lowest BCUT2D eigenvalue weighted by Gasteiger charge is -2.12. The average molecular weight is 331 g/mol. The Labute approximate surface area is 109 Å². The third-order valence-electron chi connectivity index (χ3n) is 2.67. The summed E-state index contributed by atoms with van der Waals surface area (Å²) in [6.07, 6.45) is 1.54. The van der Waals surface area contributed by atoms with E-state index >= 15 is 0 Å². The molecule has 0 aromatic heterocycles. The molecule has 1 amide bonds. The van der Waals surface area contributed by atoms with Crippen molar-refractivity contribution in [3.05, 3.63) is 27.3 Å². The molecule has 0 spiro atoms. The minimum Gasteiger partial charge on any atom is -0.368 e. The van der Waals surface area contributed by atoms with Crippen molar-refractivity contribution in [3.63, 3.8) is 0 Å². The maximum atomic E-state index is 11.8. The number of hydrogen-bond donors (Lipinski definition) is 1. The molecule has 1 aliphatic rings. The third-order valence-corrected chi connectivity index (χ3v) is 3.34. The van der Waals surface area contributed by atoms with Gasteiger partial charge in [-0.05, 0) is 66.1 Å². The van der Waals surface area contributed by atoms with Crippen LogP contribution in [0, 0.1) is 10.5 Å². The Morgan fingerprint density at radius 2 is 2.38 bits per heavy atom. The summed E-state index contributed by atoms with van der Waals surface area (Å²) in [7, 11) is 0. The van der Waals surface area contributed by atoms with Crippen LogP contribution in [0.3, 0.4) is 0 Å². The second kappa shape index (κ2) is 5.14. The number of amides is 1. The molecule has 1 aliphatic heterocycles. The van der Waals surface area contributed by atoms with Crippen LogP contribution in [0.4, 0.5) is 5.69 Å². The van der Waals surface area contributed by atoms with Gasteiger partial charge in [0.25, 0.3) is 5.91 Å². The molecule has 0 saturated carbocycles. The zero-order chi connectivity index (χ0) is 11.5. The van der Waals surface area contributed by atoms with Crippen molar-refractivity contribution in [2.75, 3.05) is 11.9 Å². The van der Waals surface area contributed by atoms with Gasteiger partial charge < -0.3 is 10.1 Å². The molecule has 0 radical (unpaired) electrons. The maximum Gasteiger partial charge on any atom is 0.253 e. The van der Waals surface area contributed by atoms with Crippen LogP contribution < -0.4 is 5.32 Å². The molecule has 0 aliphatic carbocycles. The number of carbonyl (C=O) groups excluding carboxylic acids is 1. The number of rotatable bonds is 2. The Bertz CT molecular complexity index is 400. The number of ether oxygens (including phenoxy) is 1. The molecule has 3 nitrogen and oxygen atoms in total. The van der Waals surface area contributed by atoms with Gasteiger partial charge in [-0.25, -0.2) is 0 Å². The van der Waals surface area contributed by atoms with Gasteiger partial charge in [-0.1, -0.05) is 0 Å². The van der Waals surface area contributed by atoms with Gasteiger partial charge >= 0.3 is 0 Å². The van der Waals surface area contributed by atoms with E-state index < -0.39 is 0 Å². The minimum atomic E-state index is -0.265. The van der Waals surface area contributed by atoms with Crippen molar-refractivity contribution in [1.82, 2.24) is 0 Å². The first kappa shape index (κ1) is 11.9. The predicted octanol–water partition coefficient (Wildman–Crippen LogP) is 2.72. The van der Waals surface area contributed by atoms with Gasteiger partial charge in [0, 0.05) is 15.9 Å². The smallest absolute Gasteiger partial charge is 0.253 e. The fraction of sp³-hybridized carbons (Fsp3) is 0.417. The van der Waals surface area contributed by atoms with Crippen LogP contribution in [0.2, 0.25) is 0 Å². The number of aryl methyl sites for hydroxylation is 1. The number of hydrogen-bond acceptors (Lipinski definition) is 2. The molecule has 1 fully saturated rings. The second-order valence-electron chi connectivity index (χ2n) is 3.95. The highest BCUT2D eigenvalue weighted by Gasteiger charge is 2.23. The Morgan fingerprint density at radius 1 is 1.56 bits per heavy atom. The van der Waals surface area contributed by atoms with Crippen molar-refractivity contribution < 1.29 is 9.53 Å². The molecule has 1 atom stereocenters. The summed E-state index contributed by atoms with van der Waals surface area (Å²) < 4.78 is 6.51. The molecule has 4 heteroatoms. The van der Waals surface area contributed by atoms with Crippen molar-refractivity contribution in [3.8, 4) is 0 Å². The molecule has 2 rings (SSSR count). The van der Waals surface area contributed by atoms with Crippen LogP contribution in [0.1, 0.15) is 18.4 Å². The number of benzene rings is 1. The van der Waals surface area contributed by atoms with Crippen LogP contribution in [0.15, 0.2) is 18.2 Å². The van der Waals surface area contributed by atoms with Crippen LogP contribution in [0.25, 0.3) is 0 Å². The normalized spacial score (nSPS) is 19.8. The lowest BCUT2D eigenvalue weighted by atomic mass is 10.2. The molecule has 1 aromatic carbocycles. The number of carbonyl (C=O) groups is 1. The van der Waals surface area contributed by atoms with E-state index in [1.165, 1.54) is 3.57 Å². The Morgan fingerprint density at radius 3 is 3.00 bits per heavy atom. The summed E-state index contributed by atoms with van der Waals surface area (Å²) in [6, 6.07) is 5.97. The summed E-state index contributed by atoms with van der Waals surface area (Å²) in [5.41, 5.74) is 1.96. The van der Waals surface area contributed by atoms with Crippen molar-refractivity contribution in [1.29, 1.82) is 0 Å². The first-order valence-electron chi connectivity index (χ1n) is 5.35. The van der Waals surface area contributed by atoms with Crippen LogP contribution in [-0.2, 0) is 9.53 Å². The van der Waals surface area contributed by atoms with Crippen LogP contribution >= 0.6 is 22.6 Å². The predicted molar refractivity (Wildman–Crippen MR) is 71.5 cm³/mol. The Hall–Kier alpha value is -0.620. The first-order chi connectivity index (χ1) is 7.66. The average Bonchev–Trinajstić information content (AvgIpc) is 2.75. The summed E-state index contributed by atoms with van der Waals surface area (Å²) >= 11 is 2.26. The van der Waals surface area contributed by atoms with E-state index in [9.17, 15) is 4.79 Å². The molecule has 1 aromatic rings. The number of anilines is 1. The largest absolute Gasteiger partial charge is 0.368 e. The number of nitrogens with one attached hydrogen (secondary N) is 1. The molecular formula is C12H14INO2. The van der Waals surface area contributed by atoms with E-state index in [4.69, 9.17) is 4.74 Å². The molecule has 1 saturated heterocycles. The summed E-state index contributed by atoms with van der Waals surface area (Å²) in [5.74, 6) is -0.0261. The van der Waals surface area contributed by atoms with Gasteiger partial charge in [-0.2, -0.15) is 0 Å². The van der Waals surface area contributed by atoms with E-state index in [-0.39, 0.29) is 12.0 Å². The van der Waals surface area contributed by atoms with Gasteiger partial charge in [0.2, 0.25) is 0 Å². The van der Waals surface area contributed by atoms with E-state index in [0.29, 0.717) is 6.61 Å². The first-order valence-corrected chi connectivity index (χ1v) is 6.43. The fourth-order valence-corrected chi connectivity index (χ4v) is 2.41. The highest BCUT2D eigenvalue weighted by atomic mass is 127. The highest BCUT2D eigenvalue weighted by Crippen LogP contribution is 2.20. The van der Waals surface area contributed by atoms with Gasteiger partial charge in [0.15, 0.2) is 0 Å². The third kappa shape index (κ3) is 2.74. The summed E-state index contributed by atoms with van der Waals surface area (Å²) in [5, 5.41) is 2.91. The lowest BCUT2D eigenvalue weighted by Crippen LogP contribution is -2.27. The fourth-order valence-electron chi connectivity index (χ4n) is 1.76. The Kier molecular flexibility index (Phi) is 3.81. The molecule has 1 heterocycles. The Balaban J connectivity index is 2.05. The van der Waals surface area contributed by atoms with Gasteiger partial charge in [-0.15, -0.1) is 0 Å². The van der Waals surface area contributed by atoms with Crippen LogP contribution in [-0.4, -0.2) is 18.6 Å². The topological polar surface area (TPSA) is 38.3 Å². The van der Waals surface area contributed by atoms with Crippen LogP contribution in [0.5, 0.6) is 0 Å². The zero-order valence-electron chi connectivity index (χ0n) is 9.13. The minimum absolute atomic E-state index is 0.0261. The SMILES string of the molecule is Cc1cc(I)ccc1NC(=O)C1CCCO1. The molecule has 0 bridgehead atoms. The second-order valence-corrected chi connectivity index (χ2v) is 5.20. The van der Waals surface area contributed by atoms with E-state index in [2.05, 4.69) is 27.9 Å². The van der Waals surface area contributed by atoms with Crippen molar-refractivity contribution in [2.45, 2.75) is 25.9 Å². The molecule has 86 valence electrons. The van der Waals surface area contributed by atoms with E-state index in [0.717, 1.165) is 24.1 Å². The standard InChI is InChI=1S/C12H14INO2/c1-8-7-9(13)4-5-10(8)14-12(15)11-3-2-6-16-11/h4-5,7,11H,2-3,6H2,1H3,(H,14,15). The quantitative estimate of drug-likeness (QED) is 0.847. The monoisotopic (exact) mass is 331 g/mol. The summed E-state index contributed by atoms with van der Waals surface area (Å²) in [6.45, 7) is 2.69. The zero-order valence-corrected chi connectivity index (χ0v) is 11.3. The van der Waals surface area contributed by atoms with Gasteiger partial charge in [-0.3, -0.25) is 4.79 Å². The molecule has 1 N–H and O–H groups in total. The number of halogens is 1. The molecule has 16 heavy (non-hydrogen) atoms. The van der Waals surface area contributed by atoms with E-state index in [1.54, 1.807) is 0 Å². The molecular weight excluding hydrogens is 317 g/mol. The molecule has 1 unspecified atom stereocenters. The van der Waals surface area contributed by atoms with Crippen molar-refractivity contribution in [2.24, 2.45) is 0 Å². The van der Waals surface area contributed by atoms with Crippen molar-refractivity contribution >= 4 is 34.2 Å². The van der Waals surface area contributed by atoms with Gasteiger partial charge in [0.05, 0.1) is 0 Å². The van der Waals surface area contributed by atoms with Gasteiger partial charge in [0.1, 0.15) is 6.10 Å². The maximum absolute atomic E-state index is 11.8.